The zero-order chi connectivity index (χ0) is 4.24. The van der Waals surface area contributed by atoms with Crippen molar-refractivity contribution in [2.45, 2.75) is 7.43 Å². The standard InChI is InChI=1S/2CH2S2.CH4/c2*1-2-3-1;/h2*1H2;1H4. The molecule has 0 aromatic heterocycles. The molecule has 2 rings (SSSR count). The van der Waals surface area contributed by atoms with Gasteiger partial charge >= 0.3 is 0 Å². The van der Waals surface area contributed by atoms with E-state index in [2.05, 4.69) is 0 Å². The summed E-state index contributed by atoms with van der Waals surface area (Å²) in [5, 5.41) is 2.67. The van der Waals surface area contributed by atoms with Crippen LogP contribution in [0, 0.1) is 0 Å². The van der Waals surface area contributed by atoms with E-state index in [1.54, 1.807) is 0 Å². The average Bonchev–Trinajstić information content (AvgIpc) is 2.31. The fraction of sp³-hybridized carbons (Fsp3) is 1.00. The maximum absolute atomic E-state index is 1.92. The van der Waals surface area contributed by atoms with E-state index in [9.17, 15) is 0 Å². The third kappa shape index (κ3) is 18.7. The minimum absolute atomic E-state index is 0. The van der Waals surface area contributed by atoms with Crippen LogP contribution in [0.2, 0.25) is 0 Å². The molecule has 0 N–H and O–H groups in total. The SMILES string of the molecule is C.C1SS1.C1SS1. The summed E-state index contributed by atoms with van der Waals surface area (Å²) in [6.07, 6.45) is 0. The van der Waals surface area contributed by atoms with E-state index in [1.807, 2.05) is 43.2 Å². The van der Waals surface area contributed by atoms with Gasteiger partial charge in [-0.2, -0.15) is 0 Å². The lowest BCUT2D eigenvalue weighted by Gasteiger charge is -1.08. The van der Waals surface area contributed by atoms with Crippen LogP contribution in [-0.2, 0) is 0 Å². The highest BCUT2D eigenvalue weighted by Gasteiger charge is 1.97. The number of hydrogen-bond donors (Lipinski definition) is 0. The first kappa shape index (κ1) is 8.40. The van der Waals surface area contributed by atoms with Crippen LogP contribution in [0.5, 0.6) is 0 Å². The van der Waals surface area contributed by atoms with Crippen molar-refractivity contribution in [2.24, 2.45) is 0 Å². The molecule has 0 aliphatic carbocycles. The normalized spacial score (nSPS) is 20.6. The van der Waals surface area contributed by atoms with Gasteiger partial charge in [0, 0.05) is 0 Å². The molecule has 7 heavy (non-hydrogen) atoms. The highest BCUT2D eigenvalue weighted by molar-refractivity contribution is 8.92. The van der Waals surface area contributed by atoms with Crippen LogP contribution < -0.4 is 0 Å². The van der Waals surface area contributed by atoms with Gasteiger partial charge in [-0.05, 0) is 0 Å². The Kier molecular flexibility index (Phi) is 6.64. The monoisotopic (exact) mass is 172 g/mol. The summed E-state index contributed by atoms with van der Waals surface area (Å²) in [5.41, 5.74) is 0. The van der Waals surface area contributed by atoms with Crippen LogP contribution in [0.4, 0.5) is 0 Å². The van der Waals surface area contributed by atoms with Crippen LogP contribution in [0.1, 0.15) is 7.43 Å². The van der Waals surface area contributed by atoms with Gasteiger partial charge in [0.05, 0.1) is 10.2 Å². The number of hydrogen-bond acceptors (Lipinski definition) is 4. The summed E-state index contributed by atoms with van der Waals surface area (Å²) in [6, 6.07) is 0. The van der Waals surface area contributed by atoms with Gasteiger partial charge in [-0.1, -0.05) is 50.6 Å². The first-order valence-corrected chi connectivity index (χ1v) is 6.46. The van der Waals surface area contributed by atoms with E-state index < -0.39 is 0 Å². The minimum Gasteiger partial charge on any atom is -0.0814 e. The smallest absolute Gasteiger partial charge is 0.0600 e. The van der Waals surface area contributed by atoms with E-state index in [1.165, 1.54) is 10.2 Å². The van der Waals surface area contributed by atoms with E-state index in [0.717, 1.165) is 0 Å². The van der Waals surface area contributed by atoms with E-state index in [-0.39, 0.29) is 7.43 Å². The highest BCUT2D eigenvalue weighted by Crippen LogP contribution is 2.42. The molecule has 0 aromatic rings. The summed E-state index contributed by atoms with van der Waals surface area (Å²) in [4.78, 5) is 0. The summed E-state index contributed by atoms with van der Waals surface area (Å²) in [5.74, 6) is 0. The molecule has 4 heteroatoms. The molecular weight excluding hydrogens is 164 g/mol. The molecule has 0 amide bonds. The van der Waals surface area contributed by atoms with Crippen LogP contribution in [-0.4, -0.2) is 10.2 Å². The molecular formula is C3H8S4. The van der Waals surface area contributed by atoms with Gasteiger partial charge < -0.3 is 0 Å². The molecule has 0 saturated carbocycles. The molecule has 2 fully saturated rings. The third-order valence-corrected chi connectivity index (χ3v) is 2.12. The predicted octanol–water partition coefficient (Wildman–Crippen LogP) is 3.31. The number of rotatable bonds is 0. The van der Waals surface area contributed by atoms with Gasteiger partial charge in [0.15, 0.2) is 0 Å². The topological polar surface area (TPSA) is 0 Å². The summed E-state index contributed by atoms with van der Waals surface area (Å²) in [6.45, 7) is 0. The Morgan fingerprint density at radius 2 is 0.857 bits per heavy atom. The Morgan fingerprint density at radius 3 is 0.857 bits per heavy atom. The maximum atomic E-state index is 1.92. The second-order valence-electron chi connectivity index (χ2n) is 0.707. The largest absolute Gasteiger partial charge is 0.0814 e. The lowest BCUT2D eigenvalue weighted by atomic mass is 11.9. The van der Waals surface area contributed by atoms with Crippen LogP contribution in [0.15, 0.2) is 0 Å². The molecule has 0 spiro atoms. The van der Waals surface area contributed by atoms with Crippen molar-refractivity contribution in [3.8, 4) is 0 Å². The lowest BCUT2D eigenvalue weighted by molar-refractivity contribution is 2.43. The quantitative estimate of drug-likeness (QED) is 0.406. The third-order valence-electron chi connectivity index (χ3n) is 0.236. The Balaban J connectivity index is 0.0000000900. The van der Waals surface area contributed by atoms with Gasteiger partial charge in [-0.15, -0.1) is 0 Å². The van der Waals surface area contributed by atoms with Gasteiger partial charge in [-0.25, -0.2) is 0 Å². The molecule has 0 aromatic carbocycles. The fourth-order valence-corrected chi connectivity index (χ4v) is 0. The first-order chi connectivity index (χ1) is 3.00. The van der Waals surface area contributed by atoms with Crippen molar-refractivity contribution in [3.63, 3.8) is 0 Å². The van der Waals surface area contributed by atoms with Crippen LogP contribution in [0.25, 0.3) is 0 Å². The summed E-state index contributed by atoms with van der Waals surface area (Å²) >= 11 is 0. The van der Waals surface area contributed by atoms with Crippen molar-refractivity contribution in [1.82, 2.24) is 0 Å². The van der Waals surface area contributed by atoms with Crippen molar-refractivity contribution < 1.29 is 0 Å². The molecule has 2 aliphatic heterocycles. The van der Waals surface area contributed by atoms with Gasteiger partial charge in [0.1, 0.15) is 0 Å². The Morgan fingerprint density at radius 1 is 0.714 bits per heavy atom. The van der Waals surface area contributed by atoms with Crippen molar-refractivity contribution in [3.05, 3.63) is 0 Å². The van der Waals surface area contributed by atoms with Gasteiger partial charge in [0.25, 0.3) is 0 Å². The van der Waals surface area contributed by atoms with E-state index >= 15 is 0 Å². The molecule has 0 unspecified atom stereocenters. The van der Waals surface area contributed by atoms with Crippen LogP contribution in [0.3, 0.4) is 0 Å². The van der Waals surface area contributed by atoms with Crippen molar-refractivity contribution >= 4 is 43.2 Å². The average molecular weight is 172 g/mol. The van der Waals surface area contributed by atoms with Crippen LogP contribution >= 0.6 is 43.2 Å². The minimum atomic E-state index is 0. The summed E-state index contributed by atoms with van der Waals surface area (Å²) in [7, 11) is 7.67. The molecule has 2 heterocycles. The zero-order valence-electron chi connectivity index (χ0n) is 3.05. The zero-order valence-corrected chi connectivity index (χ0v) is 6.31. The maximum Gasteiger partial charge on any atom is 0.0600 e. The lowest BCUT2D eigenvalue weighted by Crippen LogP contribution is -0.968. The second-order valence-corrected chi connectivity index (χ2v) is 6.36. The van der Waals surface area contributed by atoms with Crippen molar-refractivity contribution in [2.75, 3.05) is 10.2 Å². The molecule has 0 atom stereocenters. The Hall–Kier alpha value is 1.40. The Bertz CT molecular complexity index is 22.4. The molecule has 0 nitrogen and oxygen atoms in total. The first-order valence-electron chi connectivity index (χ1n) is 1.49. The van der Waals surface area contributed by atoms with E-state index in [4.69, 9.17) is 0 Å². The predicted molar refractivity (Wildman–Crippen MR) is 46.8 cm³/mol. The second kappa shape index (κ2) is 5.54. The molecule has 0 radical (unpaired) electrons. The summed E-state index contributed by atoms with van der Waals surface area (Å²) < 4.78 is 0. The molecule has 2 aliphatic rings. The Labute approximate surface area is 60.8 Å². The molecule has 44 valence electrons. The molecule has 2 saturated heterocycles. The van der Waals surface area contributed by atoms with E-state index in [0.29, 0.717) is 0 Å². The highest BCUT2D eigenvalue weighted by atomic mass is 33.2. The van der Waals surface area contributed by atoms with Gasteiger partial charge in [0.2, 0.25) is 0 Å². The van der Waals surface area contributed by atoms with Gasteiger partial charge in [-0.3, -0.25) is 0 Å². The van der Waals surface area contributed by atoms with Crippen molar-refractivity contribution in [1.29, 1.82) is 0 Å². The fourth-order valence-electron chi connectivity index (χ4n) is 0. The molecule has 0 bridgehead atoms.